The van der Waals surface area contributed by atoms with Crippen molar-refractivity contribution < 1.29 is 22.3 Å². The van der Waals surface area contributed by atoms with Gasteiger partial charge in [0.2, 0.25) is 0 Å². The number of hydrogen-bond donors (Lipinski definition) is 1. The number of fused-ring (bicyclic) bond motifs is 1. The van der Waals surface area contributed by atoms with Crippen LogP contribution >= 0.6 is 27.3 Å². The molecule has 3 heterocycles. The van der Waals surface area contributed by atoms with E-state index in [1.54, 1.807) is 18.2 Å². The molecule has 0 saturated carbocycles. The number of anilines is 2. The van der Waals surface area contributed by atoms with Crippen LogP contribution in [0.25, 0.3) is 22.2 Å². The summed E-state index contributed by atoms with van der Waals surface area (Å²) in [5.74, 6) is 0.777. The second kappa shape index (κ2) is 13.8. The smallest absolute Gasteiger partial charge is 0.197 e. The van der Waals surface area contributed by atoms with E-state index in [1.165, 1.54) is 42.1 Å². The Morgan fingerprint density at radius 3 is 2.67 bits per heavy atom. The minimum Gasteiger partial charge on any atom is -0.488 e. The molecule has 0 saturated heterocycles. The van der Waals surface area contributed by atoms with Crippen LogP contribution in [-0.4, -0.2) is 40.7 Å². The number of sulfone groups is 1. The maximum atomic E-state index is 13.5. The number of hydrogen-bond acceptors (Lipinski definition) is 10. The van der Waals surface area contributed by atoms with Crippen LogP contribution in [0, 0.1) is 5.82 Å². The second-order valence-electron chi connectivity index (χ2n) is 9.81. The normalized spacial score (nSPS) is 11.5. The summed E-state index contributed by atoms with van der Waals surface area (Å²) in [6.07, 6.45) is 2.95. The molecule has 0 bridgehead atoms. The number of pyridine rings is 1. The molecule has 3 aromatic heterocycles. The van der Waals surface area contributed by atoms with Crippen LogP contribution in [0.2, 0.25) is 0 Å². The summed E-state index contributed by atoms with van der Waals surface area (Å²) < 4.78 is 50.5. The predicted octanol–water partition coefficient (Wildman–Crippen LogP) is 7.36. The molecule has 0 aliphatic rings. The summed E-state index contributed by atoms with van der Waals surface area (Å²) in [7, 11) is -3.51. The van der Waals surface area contributed by atoms with Gasteiger partial charge in [0.05, 0.1) is 34.6 Å². The van der Waals surface area contributed by atoms with Gasteiger partial charge in [-0.05, 0) is 76.1 Å². The van der Waals surface area contributed by atoms with Crippen LogP contribution in [0.5, 0.6) is 5.75 Å². The van der Waals surface area contributed by atoms with Crippen LogP contribution < -0.4 is 10.1 Å². The molecule has 3 aromatic carbocycles. The first-order chi connectivity index (χ1) is 21.8. The van der Waals surface area contributed by atoms with E-state index in [2.05, 4.69) is 41.2 Å². The van der Waals surface area contributed by atoms with Crippen LogP contribution in [0.1, 0.15) is 10.6 Å². The summed E-state index contributed by atoms with van der Waals surface area (Å²) in [4.78, 5) is 17.5. The Balaban J connectivity index is 1.11. The molecule has 0 spiro atoms. The van der Waals surface area contributed by atoms with Crippen molar-refractivity contribution in [1.29, 1.82) is 0 Å². The number of halogens is 2. The lowest BCUT2D eigenvalue weighted by molar-refractivity contribution is 0.135. The predicted molar refractivity (Wildman–Crippen MR) is 175 cm³/mol. The van der Waals surface area contributed by atoms with Crippen molar-refractivity contribution in [3.8, 4) is 17.0 Å². The summed E-state index contributed by atoms with van der Waals surface area (Å²) in [6.45, 7) is 0.468. The van der Waals surface area contributed by atoms with E-state index in [0.717, 1.165) is 42.9 Å². The largest absolute Gasteiger partial charge is 0.488 e. The topological polar surface area (TPSA) is 116 Å². The molecule has 0 amide bonds. The highest BCUT2D eigenvalue weighted by Crippen LogP contribution is 2.33. The quantitative estimate of drug-likeness (QED) is 0.130. The van der Waals surface area contributed by atoms with E-state index >= 15 is 0 Å². The number of ether oxygens (including phenoxy) is 2. The van der Waals surface area contributed by atoms with Crippen LogP contribution in [0.3, 0.4) is 0 Å². The maximum absolute atomic E-state index is 13.5. The molecule has 0 radical (unpaired) electrons. The van der Waals surface area contributed by atoms with Gasteiger partial charge in [-0.15, -0.1) is 11.3 Å². The molecule has 0 atom stereocenters. The highest BCUT2D eigenvalue weighted by atomic mass is 79.9. The van der Waals surface area contributed by atoms with Gasteiger partial charge in [0, 0.05) is 28.2 Å². The van der Waals surface area contributed by atoms with Crippen molar-refractivity contribution >= 4 is 59.5 Å². The Kier molecular flexibility index (Phi) is 9.40. The van der Waals surface area contributed by atoms with Crippen molar-refractivity contribution in [2.24, 2.45) is 0 Å². The molecular formula is C32H25BrFN5O4S2. The van der Waals surface area contributed by atoms with Gasteiger partial charge in [-0.1, -0.05) is 24.3 Å². The zero-order valence-electron chi connectivity index (χ0n) is 23.6. The third-order valence-corrected chi connectivity index (χ3v) is 9.66. The zero-order valence-corrected chi connectivity index (χ0v) is 26.8. The van der Waals surface area contributed by atoms with Crippen molar-refractivity contribution in [2.45, 2.75) is 18.2 Å². The minimum atomic E-state index is -3.51. The molecule has 6 aromatic rings. The van der Waals surface area contributed by atoms with Gasteiger partial charge in [-0.2, -0.15) is 0 Å². The third-order valence-electron chi connectivity index (χ3n) is 6.64. The average Bonchev–Trinajstić information content (AvgIpc) is 3.52. The van der Waals surface area contributed by atoms with E-state index < -0.39 is 9.84 Å². The fraction of sp³-hybridized carbons (Fsp3) is 0.125. The zero-order chi connectivity index (χ0) is 31.2. The first kappa shape index (κ1) is 30.7. The molecule has 6 rings (SSSR count). The Hall–Kier alpha value is -4.30. The summed E-state index contributed by atoms with van der Waals surface area (Å²) in [5.41, 5.74) is 3.92. The lowest BCUT2D eigenvalue weighted by atomic mass is 10.1. The van der Waals surface area contributed by atoms with Crippen molar-refractivity contribution in [2.75, 3.05) is 17.7 Å². The molecule has 0 unspecified atom stereocenters. The second-order valence-corrected chi connectivity index (χ2v) is 13.7. The highest BCUT2D eigenvalue weighted by Gasteiger charge is 2.16. The van der Waals surface area contributed by atoms with Gasteiger partial charge in [-0.25, -0.2) is 32.7 Å². The molecule has 1 N–H and O–H groups in total. The molecule has 228 valence electrons. The molecule has 0 aliphatic carbocycles. The Labute approximate surface area is 271 Å². The van der Waals surface area contributed by atoms with Crippen molar-refractivity contribution in [1.82, 2.24) is 19.9 Å². The van der Waals surface area contributed by atoms with Crippen molar-refractivity contribution in [3.63, 3.8) is 0 Å². The average molecular weight is 707 g/mol. The number of aromatic nitrogens is 4. The molecule has 0 aliphatic heterocycles. The van der Waals surface area contributed by atoms with E-state index in [0.29, 0.717) is 11.6 Å². The molecule has 13 heteroatoms. The lowest BCUT2D eigenvalue weighted by Crippen LogP contribution is -2.13. The molecule has 0 fully saturated rings. The minimum absolute atomic E-state index is 0.0341. The fourth-order valence-electron chi connectivity index (χ4n) is 4.41. The fourth-order valence-corrected chi connectivity index (χ4v) is 6.70. The SMILES string of the molecule is O=S(=O)(CCOCc1nc(-c2ccc3ncnc(Nc4ccc(OCc5cccc(F)c5)c(Br)c4)c3c2)cs1)c1ccccn1. The first-order valence-electron chi connectivity index (χ1n) is 13.7. The van der Waals surface area contributed by atoms with Crippen LogP contribution in [0.4, 0.5) is 15.9 Å². The number of thiazole rings is 1. The van der Waals surface area contributed by atoms with Gasteiger partial charge >= 0.3 is 0 Å². The Morgan fingerprint density at radius 1 is 0.933 bits per heavy atom. The van der Waals surface area contributed by atoms with Gasteiger partial charge in [-0.3, -0.25) is 0 Å². The van der Waals surface area contributed by atoms with E-state index in [-0.39, 0.29) is 36.4 Å². The van der Waals surface area contributed by atoms with Gasteiger partial charge in [0.15, 0.2) is 14.9 Å². The van der Waals surface area contributed by atoms with Gasteiger partial charge < -0.3 is 14.8 Å². The summed E-state index contributed by atoms with van der Waals surface area (Å²) in [6, 6.07) is 22.5. The van der Waals surface area contributed by atoms with Crippen molar-refractivity contribution in [3.05, 3.63) is 118 Å². The lowest BCUT2D eigenvalue weighted by Gasteiger charge is -2.12. The Morgan fingerprint density at radius 2 is 1.84 bits per heavy atom. The number of nitrogens with zero attached hydrogens (tertiary/aromatic N) is 4. The monoisotopic (exact) mass is 705 g/mol. The van der Waals surface area contributed by atoms with Crippen LogP contribution in [-0.2, 0) is 27.8 Å². The van der Waals surface area contributed by atoms with Gasteiger partial charge in [0.1, 0.15) is 35.3 Å². The number of benzene rings is 3. The van der Waals surface area contributed by atoms with Gasteiger partial charge in [0.25, 0.3) is 0 Å². The standard InChI is InChI=1S/C32H25BrFN5O4S2/c33-26-16-24(8-10-29(26)43-17-21-4-3-5-23(34)14-21)38-32-25-15-22(7-9-27(25)36-20-37-32)28-19-44-30(39-28)18-42-12-13-45(40,41)31-6-1-2-11-35-31/h1-11,14-16,19-20H,12-13,17-18H2,(H,36,37,38). The molecular weight excluding hydrogens is 681 g/mol. The first-order valence-corrected chi connectivity index (χ1v) is 17.0. The summed E-state index contributed by atoms with van der Waals surface area (Å²) in [5, 5.41) is 6.87. The van der Waals surface area contributed by atoms with E-state index in [4.69, 9.17) is 9.47 Å². The molecule has 45 heavy (non-hydrogen) atoms. The number of rotatable bonds is 12. The van der Waals surface area contributed by atoms with Crippen LogP contribution in [0.15, 0.2) is 106 Å². The molecule has 9 nitrogen and oxygen atoms in total. The summed E-state index contributed by atoms with van der Waals surface area (Å²) >= 11 is 5.00. The Bertz CT molecular complexity index is 2060. The third kappa shape index (κ3) is 7.68. The maximum Gasteiger partial charge on any atom is 0.197 e. The van der Waals surface area contributed by atoms with E-state index in [9.17, 15) is 12.8 Å². The number of nitrogens with one attached hydrogen (secondary N) is 1. The van der Waals surface area contributed by atoms with E-state index in [1.807, 2.05) is 47.8 Å². The highest BCUT2D eigenvalue weighted by molar-refractivity contribution is 9.10.